The molecule has 0 aliphatic carbocycles. The van der Waals surface area contributed by atoms with Crippen LogP contribution in [0.2, 0.25) is 0 Å². The predicted molar refractivity (Wildman–Crippen MR) is 64.3 cm³/mol. The van der Waals surface area contributed by atoms with Gasteiger partial charge in [0.1, 0.15) is 0 Å². The molecule has 3 nitrogen and oxygen atoms in total. The lowest BCUT2D eigenvalue weighted by molar-refractivity contribution is 0.142. The summed E-state index contributed by atoms with van der Waals surface area (Å²) in [7, 11) is 0. The van der Waals surface area contributed by atoms with Crippen LogP contribution in [0.15, 0.2) is 18.3 Å². The first-order chi connectivity index (χ1) is 7.84. The fourth-order valence-corrected chi connectivity index (χ4v) is 1.97. The minimum Gasteiger partial charge on any atom is -0.381 e. The normalized spacial score (nSPS) is 21.7. The average molecular weight is 220 g/mol. The Bertz CT molecular complexity index is 302. The Hall–Kier alpha value is -0.930. The smallest absolute Gasteiger partial charge is 0.0480 e. The van der Waals surface area contributed by atoms with Gasteiger partial charge in [-0.3, -0.25) is 4.98 Å². The molecule has 1 atom stereocenters. The van der Waals surface area contributed by atoms with Crippen LogP contribution in [-0.2, 0) is 11.3 Å². The van der Waals surface area contributed by atoms with Crippen molar-refractivity contribution in [2.75, 3.05) is 13.2 Å². The van der Waals surface area contributed by atoms with E-state index in [0.29, 0.717) is 6.04 Å². The fraction of sp³-hybridized carbons (Fsp3) is 0.615. The molecule has 1 aliphatic rings. The van der Waals surface area contributed by atoms with Crippen LogP contribution >= 0.6 is 0 Å². The van der Waals surface area contributed by atoms with E-state index in [2.05, 4.69) is 22.4 Å². The van der Waals surface area contributed by atoms with Gasteiger partial charge in [-0.2, -0.15) is 0 Å². The molecule has 1 saturated heterocycles. The molecule has 3 heteroatoms. The molecule has 1 aromatic heterocycles. The Balaban J connectivity index is 1.79. The zero-order chi connectivity index (χ0) is 11.2. The van der Waals surface area contributed by atoms with Crippen molar-refractivity contribution in [3.8, 4) is 0 Å². The molecule has 1 aromatic rings. The molecule has 88 valence electrons. The Kier molecular flexibility index (Phi) is 4.31. The maximum Gasteiger partial charge on any atom is 0.0480 e. The van der Waals surface area contributed by atoms with Crippen LogP contribution in [0.5, 0.6) is 0 Å². The van der Waals surface area contributed by atoms with Crippen LogP contribution in [0.4, 0.5) is 0 Å². The number of hydrogen-bond donors (Lipinski definition) is 1. The highest BCUT2D eigenvalue weighted by Gasteiger charge is 2.11. The summed E-state index contributed by atoms with van der Waals surface area (Å²) in [6.07, 6.45) is 5.47. The van der Waals surface area contributed by atoms with Crippen molar-refractivity contribution in [1.82, 2.24) is 10.3 Å². The highest BCUT2D eigenvalue weighted by molar-refractivity contribution is 5.12. The van der Waals surface area contributed by atoms with E-state index in [1.807, 2.05) is 13.1 Å². The Labute approximate surface area is 97.2 Å². The molecule has 2 rings (SSSR count). The molecule has 16 heavy (non-hydrogen) atoms. The molecule has 0 aromatic carbocycles. The van der Waals surface area contributed by atoms with Crippen molar-refractivity contribution in [3.63, 3.8) is 0 Å². The van der Waals surface area contributed by atoms with Gasteiger partial charge in [0.15, 0.2) is 0 Å². The molecular formula is C13H20N2O. The molecule has 0 radical (unpaired) electrons. The van der Waals surface area contributed by atoms with Crippen molar-refractivity contribution >= 4 is 0 Å². The quantitative estimate of drug-likeness (QED) is 0.846. The number of rotatable bonds is 3. The van der Waals surface area contributed by atoms with Gasteiger partial charge < -0.3 is 10.1 Å². The van der Waals surface area contributed by atoms with E-state index in [1.165, 1.54) is 18.4 Å². The Morgan fingerprint density at radius 2 is 2.31 bits per heavy atom. The largest absolute Gasteiger partial charge is 0.381 e. The highest BCUT2D eigenvalue weighted by atomic mass is 16.5. The van der Waals surface area contributed by atoms with Crippen molar-refractivity contribution in [2.45, 2.75) is 38.8 Å². The minimum absolute atomic E-state index is 0.601. The van der Waals surface area contributed by atoms with Crippen molar-refractivity contribution < 1.29 is 4.74 Å². The number of nitrogens with zero attached hydrogens (tertiary/aromatic N) is 1. The number of nitrogens with one attached hydrogen (secondary N) is 1. The van der Waals surface area contributed by atoms with Crippen LogP contribution in [0.25, 0.3) is 0 Å². The van der Waals surface area contributed by atoms with Gasteiger partial charge in [0.05, 0.1) is 0 Å². The van der Waals surface area contributed by atoms with Gasteiger partial charge in [0, 0.05) is 37.7 Å². The second-order valence-corrected chi connectivity index (χ2v) is 4.43. The second kappa shape index (κ2) is 5.97. The van der Waals surface area contributed by atoms with Gasteiger partial charge >= 0.3 is 0 Å². The minimum atomic E-state index is 0.601. The SMILES string of the molecule is Cc1ccc(CNC2CCCOCC2)cn1. The summed E-state index contributed by atoms with van der Waals surface area (Å²) >= 11 is 0. The summed E-state index contributed by atoms with van der Waals surface area (Å²) in [5.74, 6) is 0. The summed E-state index contributed by atoms with van der Waals surface area (Å²) in [6, 6.07) is 4.80. The van der Waals surface area contributed by atoms with Crippen molar-refractivity contribution in [1.29, 1.82) is 0 Å². The van der Waals surface area contributed by atoms with E-state index in [0.717, 1.165) is 31.9 Å². The van der Waals surface area contributed by atoms with Gasteiger partial charge in [-0.1, -0.05) is 6.07 Å². The average Bonchev–Trinajstić information content (AvgIpc) is 2.57. The van der Waals surface area contributed by atoms with Crippen LogP contribution in [0.3, 0.4) is 0 Å². The topological polar surface area (TPSA) is 34.1 Å². The van der Waals surface area contributed by atoms with Gasteiger partial charge in [0.25, 0.3) is 0 Å². The standard InChI is InChI=1S/C13H20N2O/c1-11-4-5-12(9-14-11)10-15-13-3-2-7-16-8-6-13/h4-5,9,13,15H,2-3,6-8,10H2,1H3. The third-order valence-electron chi connectivity index (χ3n) is 3.02. The number of ether oxygens (including phenoxy) is 1. The molecule has 1 fully saturated rings. The first kappa shape index (κ1) is 11.6. The molecule has 1 N–H and O–H groups in total. The van der Waals surface area contributed by atoms with E-state index in [-0.39, 0.29) is 0 Å². The van der Waals surface area contributed by atoms with E-state index in [4.69, 9.17) is 4.74 Å². The van der Waals surface area contributed by atoms with Gasteiger partial charge in [-0.15, -0.1) is 0 Å². The highest BCUT2D eigenvalue weighted by Crippen LogP contribution is 2.09. The third-order valence-corrected chi connectivity index (χ3v) is 3.02. The molecule has 0 saturated carbocycles. The van der Waals surface area contributed by atoms with Gasteiger partial charge in [-0.05, 0) is 37.8 Å². The number of aryl methyl sites for hydroxylation is 1. The summed E-state index contributed by atoms with van der Waals surface area (Å²) in [5.41, 5.74) is 2.34. The molecule has 1 unspecified atom stereocenters. The predicted octanol–water partition coefficient (Wildman–Crippen LogP) is 2.05. The molecule has 2 heterocycles. The third kappa shape index (κ3) is 3.58. The number of hydrogen-bond acceptors (Lipinski definition) is 3. The summed E-state index contributed by atoms with van der Waals surface area (Å²) in [6.45, 7) is 4.74. The van der Waals surface area contributed by atoms with E-state index >= 15 is 0 Å². The van der Waals surface area contributed by atoms with E-state index in [9.17, 15) is 0 Å². The lowest BCUT2D eigenvalue weighted by Gasteiger charge is -2.15. The number of pyridine rings is 1. The van der Waals surface area contributed by atoms with E-state index in [1.54, 1.807) is 0 Å². The van der Waals surface area contributed by atoms with Gasteiger partial charge in [0.2, 0.25) is 0 Å². The summed E-state index contributed by atoms with van der Waals surface area (Å²) < 4.78 is 5.44. The van der Waals surface area contributed by atoms with Crippen LogP contribution in [-0.4, -0.2) is 24.2 Å². The Morgan fingerprint density at radius 1 is 1.38 bits per heavy atom. The number of aromatic nitrogens is 1. The lowest BCUT2D eigenvalue weighted by atomic mass is 10.1. The Morgan fingerprint density at radius 3 is 3.12 bits per heavy atom. The monoisotopic (exact) mass is 220 g/mol. The van der Waals surface area contributed by atoms with Crippen molar-refractivity contribution in [3.05, 3.63) is 29.6 Å². The zero-order valence-electron chi connectivity index (χ0n) is 9.91. The first-order valence-corrected chi connectivity index (χ1v) is 6.07. The summed E-state index contributed by atoms with van der Waals surface area (Å²) in [4.78, 5) is 4.30. The molecule has 1 aliphatic heterocycles. The fourth-order valence-electron chi connectivity index (χ4n) is 1.97. The van der Waals surface area contributed by atoms with Gasteiger partial charge in [-0.25, -0.2) is 0 Å². The maximum atomic E-state index is 5.44. The maximum absolute atomic E-state index is 5.44. The molecule has 0 spiro atoms. The first-order valence-electron chi connectivity index (χ1n) is 6.07. The molecular weight excluding hydrogens is 200 g/mol. The second-order valence-electron chi connectivity index (χ2n) is 4.43. The lowest BCUT2D eigenvalue weighted by Crippen LogP contribution is -2.28. The zero-order valence-corrected chi connectivity index (χ0v) is 9.91. The van der Waals surface area contributed by atoms with Crippen LogP contribution in [0.1, 0.15) is 30.5 Å². The van der Waals surface area contributed by atoms with Crippen LogP contribution in [0, 0.1) is 6.92 Å². The van der Waals surface area contributed by atoms with Crippen molar-refractivity contribution in [2.24, 2.45) is 0 Å². The molecule has 0 amide bonds. The van der Waals surface area contributed by atoms with E-state index < -0.39 is 0 Å². The van der Waals surface area contributed by atoms with Crippen LogP contribution < -0.4 is 5.32 Å². The summed E-state index contributed by atoms with van der Waals surface area (Å²) in [5, 5.41) is 3.58. The molecule has 0 bridgehead atoms.